The molecule has 0 aromatic carbocycles. The lowest BCUT2D eigenvalue weighted by Crippen LogP contribution is -2.14. The molecule has 3 unspecified atom stereocenters. The lowest BCUT2D eigenvalue weighted by Gasteiger charge is -2.09. The number of hydrogen-bond donors (Lipinski definition) is 1. The van der Waals surface area contributed by atoms with Gasteiger partial charge in [0, 0.05) is 18.6 Å². The van der Waals surface area contributed by atoms with E-state index in [0.29, 0.717) is 18.3 Å². The van der Waals surface area contributed by atoms with E-state index in [4.69, 9.17) is 15.0 Å². The Balaban J connectivity index is 2.04. The zero-order valence-corrected chi connectivity index (χ0v) is 10.6. The molecule has 1 aliphatic carbocycles. The average molecular weight is 239 g/mol. The Labute approximate surface area is 102 Å². The van der Waals surface area contributed by atoms with Gasteiger partial charge in [-0.05, 0) is 32.6 Å². The number of aromatic nitrogens is 2. The quantitative estimate of drug-likeness (QED) is 0.852. The number of nitrogens with zero attached hydrogens (tertiary/aromatic N) is 2. The second-order valence-corrected chi connectivity index (χ2v) is 4.61. The SMILES string of the molecule is CCOC(CC)c1noc(C2CCC(N)C2)n1. The summed E-state index contributed by atoms with van der Waals surface area (Å²) in [6, 6.07) is 0.282. The maximum atomic E-state index is 5.89. The molecule has 3 atom stereocenters. The molecular weight excluding hydrogens is 218 g/mol. The second kappa shape index (κ2) is 5.60. The van der Waals surface area contributed by atoms with Crippen LogP contribution < -0.4 is 5.73 Å². The first-order valence-electron chi connectivity index (χ1n) is 6.45. The van der Waals surface area contributed by atoms with Crippen LogP contribution in [0.3, 0.4) is 0 Å². The predicted molar refractivity (Wildman–Crippen MR) is 63.5 cm³/mol. The summed E-state index contributed by atoms with van der Waals surface area (Å²) < 4.78 is 10.9. The van der Waals surface area contributed by atoms with E-state index < -0.39 is 0 Å². The Bertz CT molecular complexity index is 335. The van der Waals surface area contributed by atoms with Crippen molar-refractivity contribution in [3.63, 3.8) is 0 Å². The van der Waals surface area contributed by atoms with Crippen molar-refractivity contribution in [1.29, 1.82) is 0 Å². The van der Waals surface area contributed by atoms with E-state index in [1.165, 1.54) is 0 Å². The minimum atomic E-state index is -0.0485. The van der Waals surface area contributed by atoms with Crippen LogP contribution in [0, 0.1) is 0 Å². The highest BCUT2D eigenvalue weighted by Gasteiger charge is 2.28. The maximum Gasteiger partial charge on any atom is 0.229 e. The predicted octanol–water partition coefficient (Wildman–Crippen LogP) is 2.15. The standard InChI is InChI=1S/C12H21N3O2/c1-3-10(16-4-2)11-14-12(17-15-11)8-5-6-9(13)7-8/h8-10H,3-7,13H2,1-2H3. The van der Waals surface area contributed by atoms with Crippen LogP contribution in [0.5, 0.6) is 0 Å². The van der Waals surface area contributed by atoms with E-state index in [9.17, 15) is 0 Å². The van der Waals surface area contributed by atoms with E-state index in [0.717, 1.165) is 31.6 Å². The molecule has 1 aromatic heterocycles. The topological polar surface area (TPSA) is 74.2 Å². The van der Waals surface area contributed by atoms with Gasteiger partial charge in [-0.15, -0.1) is 0 Å². The van der Waals surface area contributed by atoms with Crippen LogP contribution in [0.1, 0.15) is 63.3 Å². The fraction of sp³-hybridized carbons (Fsp3) is 0.833. The van der Waals surface area contributed by atoms with Gasteiger partial charge in [0.15, 0.2) is 0 Å². The molecule has 0 spiro atoms. The summed E-state index contributed by atoms with van der Waals surface area (Å²) in [5, 5.41) is 4.02. The molecular formula is C12H21N3O2. The third-order valence-corrected chi connectivity index (χ3v) is 3.31. The molecule has 17 heavy (non-hydrogen) atoms. The molecule has 1 saturated carbocycles. The normalized spacial score (nSPS) is 26.3. The second-order valence-electron chi connectivity index (χ2n) is 4.61. The third kappa shape index (κ3) is 2.84. The van der Waals surface area contributed by atoms with Crippen molar-refractivity contribution in [2.75, 3.05) is 6.61 Å². The molecule has 96 valence electrons. The van der Waals surface area contributed by atoms with Crippen LogP contribution in [-0.4, -0.2) is 22.8 Å². The Morgan fingerprint density at radius 2 is 2.29 bits per heavy atom. The van der Waals surface area contributed by atoms with Gasteiger partial charge in [0.1, 0.15) is 6.10 Å². The zero-order chi connectivity index (χ0) is 12.3. The molecule has 0 aliphatic heterocycles. The Kier molecular flexibility index (Phi) is 4.12. The van der Waals surface area contributed by atoms with E-state index in [-0.39, 0.29) is 12.1 Å². The van der Waals surface area contributed by atoms with Crippen molar-refractivity contribution in [3.8, 4) is 0 Å². The summed E-state index contributed by atoms with van der Waals surface area (Å²) in [5.41, 5.74) is 5.89. The minimum absolute atomic E-state index is 0.0485. The van der Waals surface area contributed by atoms with Crippen LogP contribution in [-0.2, 0) is 4.74 Å². The summed E-state index contributed by atoms with van der Waals surface area (Å²) in [5.74, 6) is 1.74. The van der Waals surface area contributed by atoms with Gasteiger partial charge in [0.2, 0.25) is 11.7 Å². The summed E-state index contributed by atoms with van der Waals surface area (Å²) in [4.78, 5) is 4.46. The monoisotopic (exact) mass is 239 g/mol. The zero-order valence-electron chi connectivity index (χ0n) is 10.6. The third-order valence-electron chi connectivity index (χ3n) is 3.31. The summed E-state index contributed by atoms with van der Waals surface area (Å²) >= 11 is 0. The van der Waals surface area contributed by atoms with E-state index >= 15 is 0 Å². The lowest BCUT2D eigenvalue weighted by atomic mass is 10.1. The highest BCUT2D eigenvalue weighted by molar-refractivity contribution is 5.00. The Hall–Kier alpha value is -0.940. The molecule has 5 nitrogen and oxygen atoms in total. The Morgan fingerprint density at radius 1 is 1.47 bits per heavy atom. The first-order chi connectivity index (χ1) is 8.24. The van der Waals surface area contributed by atoms with Gasteiger partial charge in [-0.25, -0.2) is 0 Å². The molecule has 2 N–H and O–H groups in total. The van der Waals surface area contributed by atoms with Crippen LogP contribution in [0.4, 0.5) is 0 Å². The molecule has 1 aromatic rings. The molecule has 0 radical (unpaired) electrons. The first kappa shape index (κ1) is 12.5. The van der Waals surface area contributed by atoms with Crippen molar-refractivity contribution in [2.45, 2.75) is 57.6 Å². The summed E-state index contributed by atoms with van der Waals surface area (Å²) in [7, 11) is 0. The number of ether oxygens (including phenoxy) is 1. The smallest absolute Gasteiger partial charge is 0.229 e. The fourth-order valence-corrected chi connectivity index (χ4v) is 2.36. The van der Waals surface area contributed by atoms with Crippen molar-refractivity contribution in [1.82, 2.24) is 10.1 Å². The van der Waals surface area contributed by atoms with Crippen LogP contribution in [0.15, 0.2) is 4.52 Å². The lowest BCUT2D eigenvalue weighted by molar-refractivity contribution is 0.0518. The molecule has 1 fully saturated rings. The molecule has 1 aliphatic rings. The molecule has 1 heterocycles. The van der Waals surface area contributed by atoms with Crippen LogP contribution in [0.2, 0.25) is 0 Å². The van der Waals surface area contributed by atoms with Crippen molar-refractivity contribution < 1.29 is 9.26 Å². The molecule has 2 rings (SSSR count). The summed E-state index contributed by atoms with van der Waals surface area (Å²) in [6.45, 7) is 4.69. The van der Waals surface area contributed by atoms with Gasteiger partial charge in [-0.3, -0.25) is 0 Å². The van der Waals surface area contributed by atoms with E-state index in [2.05, 4.69) is 17.1 Å². The molecule has 0 amide bonds. The average Bonchev–Trinajstić information content (AvgIpc) is 2.94. The first-order valence-corrected chi connectivity index (χ1v) is 6.45. The summed E-state index contributed by atoms with van der Waals surface area (Å²) in [6.07, 6.45) is 3.86. The van der Waals surface area contributed by atoms with Gasteiger partial charge < -0.3 is 15.0 Å². The van der Waals surface area contributed by atoms with Crippen LogP contribution in [0.25, 0.3) is 0 Å². The van der Waals surface area contributed by atoms with Gasteiger partial charge >= 0.3 is 0 Å². The van der Waals surface area contributed by atoms with Crippen LogP contribution >= 0.6 is 0 Å². The van der Waals surface area contributed by atoms with Gasteiger partial charge in [-0.1, -0.05) is 12.1 Å². The van der Waals surface area contributed by atoms with E-state index in [1.54, 1.807) is 0 Å². The van der Waals surface area contributed by atoms with Crippen molar-refractivity contribution in [3.05, 3.63) is 11.7 Å². The van der Waals surface area contributed by atoms with Crippen molar-refractivity contribution >= 4 is 0 Å². The maximum absolute atomic E-state index is 5.89. The van der Waals surface area contributed by atoms with E-state index in [1.807, 2.05) is 6.92 Å². The van der Waals surface area contributed by atoms with Crippen molar-refractivity contribution in [2.24, 2.45) is 5.73 Å². The fourth-order valence-electron chi connectivity index (χ4n) is 2.36. The molecule has 5 heteroatoms. The largest absolute Gasteiger partial charge is 0.370 e. The number of rotatable bonds is 5. The highest BCUT2D eigenvalue weighted by atomic mass is 16.5. The van der Waals surface area contributed by atoms with Gasteiger partial charge in [0.05, 0.1) is 0 Å². The molecule has 0 saturated heterocycles. The van der Waals surface area contributed by atoms with Gasteiger partial charge in [0.25, 0.3) is 0 Å². The number of hydrogen-bond acceptors (Lipinski definition) is 5. The number of nitrogens with two attached hydrogens (primary N) is 1. The minimum Gasteiger partial charge on any atom is -0.370 e. The highest BCUT2D eigenvalue weighted by Crippen LogP contribution is 2.33. The Morgan fingerprint density at radius 3 is 2.88 bits per heavy atom. The molecule has 0 bridgehead atoms. The van der Waals surface area contributed by atoms with Gasteiger partial charge in [-0.2, -0.15) is 4.98 Å².